The van der Waals surface area contributed by atoms with Crippen LogP contribution in [0, 0.1) is 11.8 Å². The molecule has 0 bridgehead atoms. The third kappa shape index (κ3) is 3.73. The molecule has 1 saturated carbocycles. The van der Waals surface area contributed by atoms with Gasteiger partial charge in [-0.15, -0.1) is 0 Å². The molecule has 0 aliphatic heterocycles. The monoisotopic (exact) mass is 296 g/mol. The number of sulfonamides is 1. The summed E-state index contributed by atoms with van der Waals surface area (Å²) in [6.45, 7) is 4.51. The molecule has 0 spiro atoms. The van der Waals surface area contributed by atoms with Crippen LogP contribution in [-0.2, 0) is 10.0 Å². The first-order valence-corrected chi connectivity index (χ1v) is 8.82. The van der Waals surface area contributed by atoms with E-state index < -0.39 is 10.0 Å². The Labute approximate surface area is 121 Å². The highest BCUT2D eigenvalue weighted by atomic mass is 32.2. The molecular weight excluding hydrogens is 272 g/mol. The van der Waals surface area contributed by atoms with E-state index in [4.69, 9.17) is 5.14 Å². The number of rotatable bonds is 4. The Morgan fingerprint density at radius 2 is 1.95 bits per heavy atom. The Hall–Kier alpha value is -1.07. The number of benzene rings is 1. The molecule has 4 nitrogen and oxygen atoms in total. The predicted octanol–water partition coefficient (Wildman–Crippen LogP) is 2.96. The number of hydrogen-bond acceptors (Lipinski definition) is 3. The minimum Gasteiger partial charge on any atom is -0.382 e. The van der Waals surface area contributed by atoms with Crippen LogP contribution in [0.15, 0.2) is 29.2 Å². The van der Waals surface area contributed by atoms with Crippen molar-refractivity contribution in [1.82, 2.24) is 0 Å². The highest BCUT2D eigenvalue weighted by Gasteiger charge is 2.27. The summed E-state index contributed by atoms with van der Waals surface area (Å²) < 4.78 is 22.8. The number of hydrogen-bond donors (Lipinski definition) is 2. The second-order valence-electron chi connectivity index (χ2n) is 6.02. The van der Waals surface area contributed by atoms with Gasteiger partial charge in [-0.25, -0.2) is 13.6 Å². The van der Waals surface area contributed by atoms with Gasteiger partial charge >= 0.3 is 0 Å². The summed E-state index contributed by atoms with van der Waals surface area (Å²) in [5, 5.41) is 8.68. The van der Waals surface area contributed by atoms with Crippen molar-refractivity contribution in [2.45, 2.75) is 50.5 Å². The largest absolute Gasteiger partial charge is 0.382 e. The highest BCUT2D eigenvalue weighted by molar-refractivity contribution is 7.89. The number of nitrogens with two attached hydrogens (primary N) is 1. The second-order valence-corrected chi connectivity index (χ2v) is 7.58. The van der Waals surface area contributed by atoms with Gasteiger partial charge in [0.05, 0.1) is 4.90 Å². The fraction of sp³-hybridized carbons (Fsp3) is 0.600. The Kier molecular flexibility index (Phi) is 4.70. The average Bonchev–Trinajstić information content (AvgIpc) is 2.38. The van der Waals surface area contributed by atoms with Crippen molar-refractivity contribution in [3.63, 3.8) is 0 Å². The van der Waals surface area contributed by atoms with Crippen molar-refractivity contribution in [3.05, 3.63) is 24.3 Å². The van der Waals surface area contributed by atoms with Crippen molar-refractivity contribution in [2.75, 3.05) is 5.32 Å². The molecule has 0 heterocycles. The normalized spacial score (nSPS) is 23.8. The maximum atomic E-state index is 11.4. The van der Waals surface area contributed by atoms with Gasteiger partial charge in [0, 0.05) is 11.7 Å². The van der Waals surface area contributed by atoms with E-state index in [1.165, 1.54) is 25.3 Å². The topological polar surface area (TPSA) is 72.2 Å². The summed E-state index contributed by atoms with van der Waals surface area (Å²) in [5.41, 5.74) is 0.842. The Morgan fingerprint density at radius 3 is 2.60 bits per heavy atom. The van der Waals surface area contributed by atoms with Gasteiger partial charge in [-0.2, -0.15) is 0 Å². The van der Waals surface area contributed by atoms with E-state index in [9.17, 15) is 8.42 Å². The zero-order valence-electron chi connectivity index (χ0n) is 12.2. The lowest BCUT2D eigenvalue weighted by Gasteiger charge is -2.35. The van der Waals surface area contributed by atoms with Crippen LogP contribution in [0.25, 0.3) is 0 Å². The van der Waals surface area contributed by atoms with Gasteiger partial charge in [0.2, 0.25) is 10.0 Å². The molecule has 1 aliphatic carbocycles. The SMILES string of the molecule is CC(C)C1CCCCC1Nc1cccc(S(N)(=O)=O)c1. The molecule has 0 radical (unpaired) electrons. The van der Waals surface area contributed by atoms with Crippen LogP contribution in [0.4, 0.5) is 5.69 Å². The van der Waals surface area contributed by atoms with Crippen LogP contribution in [0.5, 0.6) is 0 Å². The maximum absolute atomic E-state index is 11.4. The fourth-order valence-electron chi connectivity index (χ4n) is 3.11. The van der Waals surface area contributed by atoms with Crippen LogP contribution in [0.1, 0.15) is 39.5 Å². The van der Waals surface area contributed by atoms with Gasteiger partial charge in [-0.1, -0.05) is 32.8 Å². The molecule has 0 amide bonds. The van der Waals surface area contributed by atoms with Crippen molar-refractivity contribution < 1.29 is 8.42 Å². The standard InChI is InChI=1S/C15H24N2O2S/c1-11(2)14-8-3-4-9-15(14)17-12-6-5-7-13(10-12)20(16,18)19/h5-7,10-11,14-15,17H,3-4,8-9H2,1-2H3,(H2,16,18,19). The Morgan fingerprint density at radius 1 is 1.25 bits per heavy atom. The highest BCUT2D eigenvalue weighted by Crippen LogP contribution is 2.32. The van der Waals surface area contributed by atoms with Crippen molar-refractivity contribution in [1.29, 1.82) is 0 Å². The first kappa shape index (κ1) is 15.3. The van der Waals surface area contributed by atoms with Crippen LogP contribution in [0.3, 0.4) is 0 Å². The molecule has 2 atom stereocenters. The number of nitrogens with one attached hydrogen (secondary N) is 1. The average molecular weight is 296 g/mol. The van der Waals surface area contributed by atoms with E-state index in [0.29, 0.717) is 17.9 Å². The lowest BCUT2D eigenvalue weighted by atomic mass is 9.78. The van der Waals surface area contributed by atoms with Crippen molar-refractivity contribution in [2.24, 2.45) is 17.0 Å². The van der Waals surface area contributed by atoms with Gasteiger partial charge in [0.1, 0.15) is 0 Å². The van der Waals surface area contributed by atoms with Gasteiger partial charge in [0.15, 0.2) is 0 Å². The molecule has 112 valence electrons. The van der Waals surface area contributed by atoms with Crippen molar-refractivity contribution >= 4 is 15.7 Å². The minimum absolute atomic E-state index is 0.166. The lowest BCUT2D eigenvalue weighted by molar-refractivity contribution is 0.254. The third-order valence-corrected chi connectivity index (χ3v) is 5.10. The molecule has 2 unspecified atom stereocenters. The van der Waals surface area contributed by atoms with Crippen molar-refractivity contribution in [3.8, 4) is 0 Å². The zero-order chi connectivity index (χ0) is 14.8. The van der Waals surface area contributed by atoms with Crippen LogP contribution in [-0.4, -0.2) is 14.5 Å². The third-order valence-electron chi connectivity index (χ3n) is 4.19. The van der Waals surface area contributed by atoms with E-state index in [1.54, 1.807) is 12.1 Å². The van der Waals surface area contributed by atoms with Gasteiger partial charge < -0.3 is 5.32 Å². The van der Waals surface area contributed by atoms with Crippen LogP contribution in [0.2, 0.25) is 0 Å². The Bertz CT molecular complexity index is 555. The first-order chi connectivity index (χ1) is 9.38. The summed E-state index contributed by atoms with van der Waals surface area (Å²) in [6.07, 6.45) is 4.90. The zero-order valence-corrected chi connectivity index (χ0v) is 13.0. The molecule has 2 rings (SSSR count). The molecule has 0 aromatic heterocycles. The number of primary sulfonamides is 1. The van der Waals surface area contributed by atoms with Gasteiger partial charge in [-0.05, 0) is 42.9 Å². The molecule has 1 fully saturated rings. The van der Waals surface area contributed by atoms with Gasteiger partial charge in [0.25, 0.3) is 0 Å². The maximum Gasteiger partial charge on any atom is 0.238 e. The summed E-state index contributed by atoms with van der Waals surface area (Å²) in [7, 11) is -3.64. The summed E-state index contributed by atoms with van der Waals surface area (Å²) in [6, 6.07) is 7.21. The Balaban J connectivity index is 2.16. The molecule has 1 aliphatic rings. The van der Waals surface area contributed by atoms with E-state index in [1.807, 2.05) is 6.07 Å². The number of anilines is 1. The van der Waals surface area contributed by atoms with Crippen LogP contribution >= 0.6 is 0 Å². The predicted molar refractivity (Wildman–Crippen MR) is 82.0 cm³/mol. The molecule has 3 N–H and O–H groups in total. The van der Waals surface area contributed by atoms with E-state index in [-0.39, 0.29) is 4.90 Å². The summed E-state index contributed by atoms with van der Waals surface area (Å²) >= 11 is 0. The molecular formula is C15H24N2O2S. The van der Waals surface area contributed by atoms with Gasteiger partial charge in [-0.3, -0.25) is 0 Å². The molecule has 1 aromatic carbocycles. The minimum atomic E-state index is -3.64. The lowest BCUT2D eigenvalue weighted by Crippen LogP contribution is -2.35. The van der Waals surface area contributed by atoms with E-state index in [2.05, 4.69) is 19.2 Å². The van der Waals surface area contributed by atoms with Crippen LogP contribution < -0.4 is 10.5 Å². The quantitative estimate of drug-likeness (QED) is 0.897. The van der Waals surface area contributed by atoms with E-state index in [0.717, 1.165) is 12.1 Å². The smallest absolute Gasteiger partial charge is 0.238 e. The first-order valence-electron chi connectivity index (χ1n) is 7.27. The second kappa shape index (κ2) is 6.14. The summed E-state index contributed by atoms with van der Waals surface area (Å²) in [5.74, 6) is 1.27. The fourth-order valence-corrected chi connectivity index (χ4v) is 3.67. The molecule has 0 saturated heterocycles. The summed E-state index contributed by atoms with van der Waals surface area (Å²) in [4.78, 5) is 0.166. The molecule has 5 heteroatoms. The van der Waals surface area contributed by atoms with E-state index >= 15 is 0 Å². The molecule has 20 heavy (non-hydrogen) atoms. The molecule has 1 aromatic rings.